The average molecular weight is 269 g/mol. The quantitative estimate of drug-likeness (QED) is 0.618. The summed E-state index contributed by atoms with van der Waals surface area (Å²) in [5.41, 5.74) is 1.19. The van der Waals surface area contributed by atoms with Crippen LogP contribution in [0.15, 0.2) is 35.3 Å². The van der Waals surface area contributed by atoms with Crippen LogP contribution in [-0.2, 0) is 9.53 Å². The topological polar surface area (TPSA) is 26.3 Å². The molecule has 0 atom stereocenters. The zero-order valence-electron chi connectivity index (χ0n) is 8.63. The summed E-state index contributed by atoms with van der Waals surface area (Å²) in [6.45, 7) is 6.11. The van der Waals surface area contributed by atoms with E-state index in [1.807, 2.05) is 31.2 Å². The van der Waals surface area contributed by atoms with Crippen LogP contribution in [0, 0.1) is 0 Å². The fourth-order valence-corrected chi connectivity index (χ4v) is 1.32. The molecule has 0 bridgehead atoms. The third-order valence-electron chi connectivity index (χ3n) is 1.88. The minimum Gasteiger partial charge on any atom is -0.462 e. The summed E-state index contributed by atoms with van der Waals surface area (Å²) in [5, 5.41) is 0. The van der Waals surface area contributed by atoms with Gasteiger partial charge < -0.3 is 4.74 Å². The number of carbonyl (C=O) groups excluding carboxylic acids is 1. The molecule has 0 amide bonds. The summed E-state index contributed by atoms with van der Waals surface area (Å²) < 4.78 is 5.96. The van der Waals surface area contributed by atoms with Crippen molar-refractivity contribution in [1.82, 2.24) is 0 Å². The second kappa shape index (κ2) is 5.71. The van der Waals surface area contributed by atoms with E-state index in [1.165, 1.54) is 0 Å². The van der Waals surface area contributed by atoms with Gasteiger partial charge in [0.25, 0.3) is 0 Å². The van der Waals surface area contributed by atoms with Crippen LogP contribution in [0.5, 0.6) is 0 Å². The molecule has 1 rings (SSSR count). The maximum Gasteiger partial charge on any atom is 0.338 e. The van der Waals surface area contributed by atoms with E-state index in [2.05, 4.69) is 22.5 Å². The molecular weight excluding hydrogens is 256 g/mol. The van der Waals surface area contributed by atoms with Crippen molar-refractivity contribution in [2.75, 3.05) is 6.61 Å². The molecule has 0 unspecified atom stereocenters. The highest BCUT2D eigenvalue weighted by Crippen LogP contribution is 2.17. The molecule has 0 N–H and O–H groups in total. The molecule has 0 aliphatic heterocycles. The van der Waals surface area contributed by atoms with E-state index in [9.17, 15) is 4.79 Å². The van der Waals surface area contributed by atoms with Gasteiger partial charge in [0.15, 0.2) is 0 Å². The van der Waals surface area contributed by atoms with Crippen LogP contribution in [0.1, 0.15) is 18.9 Å². The Labute approximate surface area is 98.1 Å². The number of hydrogen-bond donors (Lipinski definition) is 0. The predicted octanol–water partition coefficient (Wildman–Crippen LogP) is 3.42. The SMILES string of the molecule is C=C(C(=O)OCCC)c1ccc(Br)cc1. The molecule has 0 fully saturated rings. The first kappa shape index (κ1) is 12.0. The van der Waals surface area contributed by atoms with Crippen LogP contribution in [-0.4, -0.2) is 12.6 Å². The Kier molecular flexibility index (Phi) is 4.56. The Bertz CT molecular complexity index is 354. The molecule has 0 aromatic heterocycles. The van der Waals surface area contributed by atoms with Crippen molar-refractivity contribution in [2.45, 2.75) is 13.3 Å². The van der Waals surface area contributed by atoms with Crippen molar-refractivity contribution in [3.05, 3.63) is 40.9 Å². The van der Waals surface area contributed by atoms with Crippen molar-refractivity contribution in [3.8, 4) is 0 Å². The lowest BCUT2D eigenvalue weighted by molar-refractivity contribution is -0.136. The van der Waals surface area contributed by atoms with Crippen molar-refractivity contribution < 1.29 is 9.53 Å². The summed E-state index contributed by atoms with van der Waals surface area (Å²) in [6.07, 6.45) is 0.819. The molecule has 2 nitrogen and oxygen atoms in total. The zero-order valence-corrected chi connectivity index (χ0v) is 10.2. The van der Waals surface area contributed by atoms with Crippen LogP contribution in [0.4, 0.5) is 0 Å². The summed E-state index contributed by atoms with van der Waals surface area (Å²) in [6, 6.07) is 7.40. The molecule has 1 aromatic carbocycles. The Balaban J connectivity index is 2.68. The highest BCUT2D eigenvalue weighted by molar-refractivity contribution is 9.10. The first-order valence-electron chi connectivity index (χ1n) is 4.77. The first-order valence-corrected chi connectivity index (χ1v) is 5.56. The predicted molar refractivity (Wildman–Crippen MR) is 64.4 cm³/mol. The standard InChI is InChI=1S/C12H13BrO2/c1-3-8-15-12(14)9(2)10-4-6-11(13)7-5-10/h4-7H,2-3,8H2,1H3. The number of esters is 1. The third kappa shape index (κ3) is 3.51. The van der Waals surface area contributed by atoms with Gasteiger partial charge in [0.05, 0.1) is 12.2 Å². The lowest BCUT2D eigenvalue weighted by Crippen LogP contribution is -2.06. The molecule has 0 aliphatic carbocycles. The number of halogens is 1. The van der Waals surface area contributed by atoms with Gasteiger partial charge in [-0.3, -0.25) is 0 Å². The molecule has 1 aromatic rings. The Morgan fingerprint density at radius 3 is 2.53 bits per heavy atom. The van der Waals surface area contributed by atoms with Crippen molar-refractivity contribution >= 4 is 27.5 Å². The Morgan fingerprint density at radius 1 is 1.40 bits per heavy atom. The van der Waals surface area contributed by atoms with Gasteiger partial charge in [0.1, 0.15) is 0 Å². The molecule has 15 heavy (non-hydrogen) atoms. The second-order valence-corrected chi connectivity index (χ2v) is 4.04. The van der Waals surface area contributed by atoms with E-state index < -0.39 is 0 Å². The van der Waals surface area contributed by atoms with Gasteiger partial charge >= 0.3 is 5.97 Å². The summed E-state index contributed by atoms with van der Waals surface area (Å²) in [5.74, 6) is -0.348. The lowest BCUT2D eigenvalue weighted by atomic mass is 10.1. The normalized spacial score (nSPS) is 9.73. The van der Waals surface area contributed by atoms with Crippen molar-refractivity contribution in [2.24, 2.45) is 0 Å². The molecular formula is C12H13BrO2. The van der Waals surface area contributed by atoms with Crippen LogP contribution < -0.4 is 0 Å². The molecule has 3 heteroatoms. The minimum atomic E-state index is -0.348. The van der Waals surface area contributed by atoms with Gasteiger partial charge in [-0.1, -0.05) is 41.6 Å². The van der Waals surface area contributed by atoms with E-state index in [0.29, 0.717) is 12.2 Å². The Morgan fingerprint density at radius 2 is 2.00 bits per heavy atom. The van der Waals surface area contributed by atoms with Gasteiger partial charge in [0, 0.05) is 4.47 Å². The molecule has 0 saturated carbocycles. The lowest BCUT2D eigenvalue weighted by Gasteiger charge is -2.06. The van der Waals surface area contributed by atoms with Gasteiger partial charge in [0.2, 0.25) is 0 Å². The largest absolute Gasteiger partial charge is 0.462 e. The highest BCUT2D eigenvalue weighted by Gasteiger charge is 2.09. The Hall–Kier alpha value is -1.09. The monoisotopic (exact) mass is 268 g/mol. The number of carbonyl (C=O) groups is 1. The maximum absolute atomic E-state index is 11.5. The van der Waals surface area contributed by atoms with E-state index in [1.54, 1.807) is 0 Å². The van der Waals surface area contributed by atoms with Crippen LogP contribution in [0.2, 0.25) is 0 Å². The van der Waals surface area contributed by atoms with Crippen molar-refractivity contribution in [3.63, 3.8) is 0 Å². The molecule has 0 spiro atoms. The van der Waals surface area contributed by atoms with E-state index >= 15 is 0 Å². The van der Waals surface area contributed by atoms with Gasteiger partial charge in [-0.25, -0.2) is 4.79 Å². The van der Waals surface area contributed by atoms with Crippen molar-refractivity contribution in [1.29, 1.82) is 0 Å². The molecule has 80 valence electrons. The van der Waals surface area contributed by atoms with Crippen LogP contribution >= 0.6 is 15.9 Å². The first-order chi connectivity index (χ1) is 7.15. The smallest absolute Gasteiger partial charge is 0.338 e. The molecule has 0 heterocycles. The number of hydrogen-bond acceptors (Lipinski definition) is 2. The summed E-state index contributed by atoms with van der Waals surface area (Å²) in [7, 11) is 0. The van der Waals surface area contributed by atoms with Crippen LogP contribution in [0.3, 0.4) is 0 Å². The maximum atomic E-state index is 11.5. The third-order valence-corrected chi connectivity index (χ3v) is 2.41. The van der Waals surface area contributed by atoms with Gasteiger partial charge in [-0.2, -0.15) is 0 Å². The molecule has 0 saturated heterocycles. The van der Waals surface area contributed by atoms with E-state index in [4.69, 9.17) is 4.74 Å². The second-order valence-electron chi connectivity index (χ2n) is 3.12. The minimum absolute atomic E-state index is 0.348. The number of rotatable bonds is 4. The summed E-state index contributed by atoms with van der Waals surface area (Å²) in [4.78, 5) is 11.5. The molecule has 0 aliphatic rings. The average Bonchev–Trinajstić information content (AvgIpc) is 2.26. The zero-order chi connectivity index (χ0) is 11.3. The highest BCUT2D eigenvalue weighted by atomic mass is 79.9. The van der Waals surface area contributed by atoms with Crippen LogP contribution in [0.25, 0.3) is 5.57 Å². The fraction of sp³-hybridized carbons (Fsp3) is 0.250. The fourth-order valence-electron chi connectivity index (χ4n) is 1.05. The molecule has 0 radical (unpaired) electrons. The summed E-state index contributed by atoms with van der Waals surface area (Å²) >= 11 is 3.33. The van der Waals surface area contributed by atoms with Gasteiger partial charge in [-0.05, 0) is 24.1 Å². The number of ether oxygens (including phenoxy) is 1. The van der Waals surface area contributed by atoms with Gasteiger partial charge in [-0.15, -0.1) is 0 Å². The van der Waals surface area contributed by atoms with E-state index in [-0.39, 0.29) is 5.97 Å². The number of benzene rings is 1. The van der Waals surface area contributed by atoms with E-state index in [0.717, 1.165) is 16.5 Å².